The van der Waals surface area contributed by atoms with Gasteiger partial charge in [0.25, 0.3) is 5.91 Å². The van der Waals surface area contributed by atoms with Crippen LogP contribution >= 0.6 is 0 Å². The SMILES string of the molecule is CNC(=O)Nc1cccc(NC(=O)c2cccnc2Nc2ccccc2F)c1. The third-order valence-corrected chi connectivity index (χ3v) is 3.78. The molecule has 0 bridgehead atoms. The van der Waals surface area contributed by atoms with Crippen LogP contribution in [0.4, 0.5) is 32.1 Å². The van der Waals surface area contributed by atoms with Crippen molar-refractivity contribution in [2.45, 2.75) is 0 Å². The molecule has 0 fully saturated rings. The molecule has 28 heavy (non-hydrogen) atoms. The van der Waals surface area contributed by atoms with Gasteiger partial charge in [0.2, 0.25) is 0 Å². The molecule has 3 aromatic rings. The highest BCUT2D eigenvalue weighted by Gasteiger charge is 2.14. The lowest BCUT2D eigenvalue weighted by molar-refractivity contribution is 0.102. The summed E-state index contributed by atoms with van der Waals surface area (Å²) >= 11 is 0. The van der Waals surface area contributed by atoms with Gasteiger partial charge in [0.15, 0.2) is 0 Å². The van der Waals surface area contributed by atoms with Crippen LogP contribution in [0.25, 0.3) is 0 Å². The summed E-state index contributed by atoms with van der Waals surface area (Å²) in [6.07, 6.45) is 1.51. The van der Waals surface area contributed by atoms with Gasteiger partial charge in [-0.05, 0) is 42.5 Å². The number of nitrogens with zero attached hydrogens (tertiary/aromatic N) is 1. The number of halogens is 1. The van der Waals surface area contributed by atoms with E-state index < -0.39 is 11.7 Å². The minimum Gasteiger partial charge on any atom is -0.341 e. The molecular weight excluding hydrogens is 361 g/mol. The second-order valence-corrected chi connectivity index (χ2v) is 5.74. The van der Waals surface area contributed by atoms with Crippen LogP contribution in [-0.4, -0.2) is 24.0 Å². The predicted molar refractivity (Wildman–Crippen MR) is 106 cm³/mol. The molecule has 0 saturated heterocycles. The fourth-order valence-corrected chi connectivity index (χ4v) is 2.45. The predicted octanol–water partition coefficient (Wildman–Crippen LogP) is 3.97. The first-order valence-electron chi connectivity index (χ1n) is 8.43. The fraction of sp³-hybridized carbons (Fsp3) is 0.0500. The Balaban J connectivity index is 1.79. The number of aromatic nitrogens is 1. The maximum Gasteiger partial charge on any atom is 0.318 e. The van der Waals surface area contributed by atoms with Crippen molar-refractivity contribution in [2.75, 3.05) is 23.0 Å². The van der Waals surface area contributed by atoms with Crippen LogP contribution in [0.15, 0.2) is 66.9 Å². The highest BCUT2D eigenvalue weighted by Crippen LogP contribution is 2.22. The van der Waals surface area contributed by atoms with Crippen LogP contribution in [0.2, 0.25) is 0 Å². The van der Waals surface area contributed by atoms with E-state index in [4.69, 9.17) is 0 Å². The van der Waals surface area contributed by atoms with E-state index >= 15 is 0 Å². The van der Waals surface area contributed by atoms with Crippen molar-refractivity contribution >= 4 is 34.8 Å². The zero-order chi connectivity index (χ0) is 19.9. The molecule has 1 heterocycles. The maximum atomic E-state index is 13.9. The lowest BCUT2D eigenvalue weighted by atomic mass is 10.2. The molecule has 0 saturated carbocycles. The van der Waals surface area contributed by atoms with Gasteiger partial charge >= 0.3 is 6.03 Å². The van der Waals surface area contributed by atoms with Gasteiger partial charge in [-0.3, -0.25) is 4.79 Å². The smallest absolute Gasteiger partial charge is 0.318 e. The normalized spacial score (nSPS) is 10.1. The van der Waals surface area contributed by atoms with Crippen molar-refractivity contribution in [3.05, 3.63) is 78.2 Å². The Kier molecular flexibility index (Phi) is 5.81. The summed E-state index contributed by atoms with van der Waals surface area (Å²) in [5.41, 5.74) is 1.47. The zero-order valence-corrected chi connectivity index (χ0v) is 15.0. The number of amides is 3. The lowest BCUT2D eigenvalue weighted by Gasteiger charge is -2.12. The molecule has 0 unspecified atom stereocenters. The van der Waals surface area contributed by atoms with Gasteiger partial charge in [0, 0.05) is 24.6 Å². The van der Waals surface area contributed by atoms with E-state index in [0.29, 0.717) is 11.4 Å². The number of hydrogen-bond donors (Lipinski definition) is 4. The Hall–Kier alpha value is -3.94. The molecule has 1 aromatic heterocycles. The summed E-state index contributed by atoms with van der Waals surface area (Å²) in [7, 11) is 1.51. The average Bonchev–Trinajstić information content (AvgIpc) is 2.70. The van der Waals surface area contributed by atoms with Gasteiger partial charge in [-0.1, -0.05) is 18.2 Å². The topological polar surface area (TPSA) is 95.2 Å². The number of rotatable bonds is 5. The molecule has 0 spiro atoms. The molecule has 2 aromatic carbocycles. The highest BCUT2D eigenvalue weighted by molar-refractivity contribution is 6.08. The Bertz CT molecular complexity index is 1010. The van der Waals surface area contributed by atoms with Crippen molar-refractivity contribution in [2.24, 2.45) is 0 Å². The molecule has 0 aliphatic heterocycles. The van der Waals surface area contributed by atoms with Crippen LogP contribution in [-0.2, 0) is 0 Å². The van der Waals surface area contributed by atoms with Crippen LogP contribution < -0.4 is 21.3 Å². The van der Waals surface area contributed by atoms with Crippen LogP contribution in [0.5, 0.6) is 0 Å². The van der Waals surface area contributed by atoms with Crippen LogP contribution in [0.3, 0.4) is 0 Å². The molecular formula is C20H18FN5O2. The van der Waals surface area contributed by atoms with Gasteiger partial charge in [-0.15, -0.1) is 0 Å². The quantitative estimate of drug-likeness (QED) is 0.539. The monoisotopic (exact) mass is 379 g/mol. The standard InChI is InChI=1S/C20H18FN5O2/c1-22-20(28)25-14-7-4-6-13(12-14)24-19(27)15-8-5-11-23-18(15)26-17-10-3-2-9-16(17)21/h2-12H,1H3,(H,23,26)(H,24,27)(H2,22,25,28). The molecule has 142 valence electrons. The summed E-state index contributed by atoms with van der Waals surface area (Å²) < 4.78 is 13.9. The van der Waals surface area contributed by atoms with E-state index in [0.717, 1.165) is 0 Å². The minimum atomic E-state index is -0.451. The van der Waals surface area contributed by atoms with Gasteiger partial charge in [0.1, 0.15) is 11.6 Å². The number of carbonyl (C=O) groups excluding carboxylic acids is 2. The molecule has 3 rings (SSSR count). The third kappa shape index (κ3) is 4.61. The number of nitrogens with one attached hydrogen (secondary N) is 4. The third-order valence-electron chi connectivity index (χ3n) is 3.78. The number of pyridine rings is 1. The highest BCUT2D eigenvalue weighted by atomic mass is 19.1. The maximum absolute atomic E-state index is 13.9. The number of carbonyl (C=O) groups is 2. The first-order chi connectivity index (χ1) is 13.6. The zero-order valence-electron chi connectivity index (χ0n) is 15.0. The summed E-state index contributed by atoms with van der Waals surface area (Å²) in [5, 5.41) is 10.7. The number of benzene rings is 2. The van der Waals surface area contributed by atoms with E-state index in [9.17, 15) is 14.0 Å². The fourth-order valence-electron chi connectivity index (χ4n) is 2.45. The minimum absolute atomic E-state index is 0.215. The van der Waals surface area contributed by atoms with Gasteiger partial charge in [-0.2, -0.15) is 0 Å². The summed E-state index contributed by atoms with van der Waals surface area (Å²) in [6, 6.07) is 15.7. The Morgan fingerprint density at radius 2 is 1.68 bits per heavy atom. The van der Waals surface area contributed by atoms with E-state index in [-0.39, 0.29) is 23.1 Å². The van der Waals surface area contributed by atoms with Crippen molar-refractivity contribution in [3.63, 3.8) is 0 Å². The average molecular weight is 379 g/mol. The van der Waals surface area contributed by atoms with Crippen LogP contribution in [0, 0.1) is 5.82 Å². The first kappa shape index (κ1) is 18.8. The van der Waals surface area contributed by atoms with E-state index in [1.165, 1.54) is 19.3 Å². The Morgan fingerprint density at radius 1 is 0.929 bits per heavy atom. The van der Waals surface area contributed by atoms with E-state index in [1.54, 1.807) is 54.6 Å². The molecule has 0 radical (unpaired) electrons. The van der Waals surface area contributed by atoms with Crippen molar-refractivity contribution in [1.29, 1.82) is 0 Å². The molecule has 0 aliphatic carbocycles. The Morgan fingerprint density at radius 3 is 2.43 bits per heavy atom. The number of hydrogen-bond acceptors (Lipinski definition) is 4. The second kappa shape index (κ2) is 8.63. The first-order valence-corrected chi connectivity index (χ1v) is 8.43. The lowest BCUT2D eigenvalue weighted by Crippen LogP contribution is -2.24. The Labute approximate surface area is 161 Å². The van der Waals surface area contributed by atoms with Crippen molar-refractivity contribution in [3.8, 4) is 0 Å². The summed E-state index contributed by atoms with van der Waals surface area (Å²) in [4.78, 5) is 28.3. The number of anilines is 4. The van der Waals surface area contributed by atoms with Crippen molar-refractivity contribution in [1.82, 2.24) is 10.3 Å². The van der Waals surface area contributed by atoms with Gasteiger partial charge in [-0.25, -0.2) is 14.2 Å². The number of urea groups is 1. The molecule has 0 aliphatic rings. The second-order valence-electron chi connectivity index (χ2n) is 5.74. The summed E-state index contributed by atoms with van der Waals surface area (Å²) in [6.45, 7) is 0. The van der Waals surface area contributed by atoms with Gasteiger partial charge in [0.05, 0.1) is 11.3 Å². The van der Waals surface area contributed by atoms with E-state index in [2.05, 4.69) is 26.3 Å². The number of para-hydroxylation sites is 1. The van der Waals surface area contributed by atoms with E-state index in [1.807, 2.05) is 0 Å². The summed E-state index contributed by atoms with van der Waals surface area (Å²) in [5.74, 6) is -0.652. The molecule has 8 heteroatoms. The largest absolute Gasteiger partial charge is 0.341 e. The molecule has 7 nitrogen and oxygen atoms in total. The molecule has 4 N–H and O–H groups in total. The molecule has 0 atom stereocenters. The molecule has 3 amide bonds. The van der Waals surface area contributed by atoms with Crippen LogP contribution in [0.1, 0.15) is 10.4 Å². The van der Waals surface area contributed by atoms with Crippen molar-refractivity contribution < 1.29 is 14.0 Å². The van der Waals surface area contributed by atoms with Gasteiger partial charge < -0.3 is 21.3 Å².